The Morgan fingerprint density at radius 2 is 2.56 bits per heavy atom. The smallest absolute Gasteiger partial charge is 0.0520 e. The summed E-state index contributed by atoms with van der Waals surface area (Å²) < 4.78 is 0. The molecule has 1 aromatic heterocycles. The van der Waals surface area contributed by atoms with E-state index in [1.165, 1.54) is 4.88 Å². The summed E-state index contributed by atoms with van der Waals surface area (Å²) in [6, 6.07) is 4.19. The summed E-state index contributed by atoms with van der Waals surface area (Å²) >= 11 is 5.07. The molecule has 3 heteroatoms. The van der Waals surface area contributed by atoms with E-state index in [0.29, 0.717) is 0 Å². The number of nitrogens with one attached hydrogen (secondary N) is 1. The second-order valence-electron chi connectivity index (χ2n) is 1.64. The van der Waals surface area contributed by atoms with E-state index >= 15 is 0 Å². The predicted molar refractivity (Wildman–Crippen MR) is 45.0 cm³/mol. The lowest BCUT2D eigenvalue weighted by Crippen LogP contribution is -2.07. The van der Waals surface area contributed by atoms with E-state index in [9.17, 15) is 0 Å². The number of alkyl halides is 1. The molecule has 0 fully saturated rings. The first kappa shape index (κ1) is 7.25. The highest BCUT2D eigenvalue weighted by molar-refractivity contribution is 9.09. The van der Waals surface area contributed by atoms with Crippen LogP contribution >= 0.6 is 27.3 Å². The summed E-state index contributed by atoms with van der Waals surface area (Å²) in [4.78, 5) is 1.38. The van der Waals surface area contributed by atoms with Crippen LogP contribution in [0.5, 0.6) is 0 Å². The van der Waals surface area contributed by atoms with Crippen LogP contribution in [0, 0.1) is 0 Å². The molecule has 50 valence electrons. The molecule has 1 N–H and O–H groups in total. The SMILES string of the molecule is BrCNCc1cccs1. The Hall–Kier alpha value is 0.140. The van der Waals surface area contributed by atoms with Crippen LogP contribution in [0.3, 0.4) is 0 Å². The van der Waals surface area contributed by atoms with E-state index < -0.39 is 0 Å². The van der Waals surface area contributed by atoms with E-state index in [2.05, 4.69) is 38.8 Å². The van der Waals surface area contributed by atoms with Gasteiger partial charge in [0.1, 0.15) is 0 Å². The van der Waals surface area contributed by atoms with Crippen LogP contribution in [0.2, 0.25) is 0 Å². The molecule has 0 aliphatic heterocycles. The summed E-state index contributed by atoms with van der Waals surface area (Å²) in [6.45, 7) is 0.975. The molecule has 1 aromatic rings. The lowest BCUT2D eigenvalue weighted by atomic mass is 10.5. The molecule has 0 atom stereocenters. The minimum absolute atomic E-state index is 0.866. The Balaban J connectivity index is 2.30. The molecule has 0 bridgehead atoms. The van der Waals surface area contributed by atoms with E-state index in [-0.39, 0.29) is 0 Å². The molecule has 1 heterocycles. The molecular formula is C6H8BrNS. The lowest BCUT2D eigenvalue weighted by Gasteiger charge is -1.93. The topological polar surface area (TPSA) is 12.0 Å². The summed E-state index contributed by atoms with van der Waals surface area (Å²) in [7, 11) is 0. The van der Waals surface area contributed by atoms with Gasteiger partial charge in [0.15, 0.2) is 0 Å². The van der Waals surface area contributed by atoms with Crippen molar-refractivity contribution in [3.05, 3.63) is 22.4 Å². The lowest BCUT2D eigenvalue weighted by molar-refractivity contribution is 0.815. The number of halogens is 1. The normalized spacial score (nSPS) is 9.89. The molecule has 0 aromatic carbocycles. The summed E-state index contributed by atoms with van der Waals surface area (Å²) in [5, 5.41) is 5.27. The van der Waals surface area contributed by atoms with Gasteiger partial charge in [0, 0.05) is 11.4 Å². The predicted octanol–water partition coefficient (Wildman–Crippen LogP) is 2.19. The molecule has 0 radical (unpaired) electrons. The average Bonchev–Trinajstić information content (AvgIpc) is 2.34. The summed E-state index contributed by atoms with van der Waals surface area (Å²) in [6.07, 6.45) is 0. The fourth-order valence-electron chi connectivity index (χ4n) is 0.584. The molecular weight excluding hydrogens is 198 g/mol. The van der Waals surface area contributed by atoms with Crippen LogP contribution in [-0.4, -0.2) is 5.45 Å². The standard InChI is InChI=1S/C6H8BrNS/c7-5-8-4-6-2-1-3-9-6/h1-3,8H,4-5H2. The van der Waals surface area contributed by atoms with Crippen LogP contribution in [0.1, 0.15) is 4.88 Å². The molecule has 0 aliphatic carbocycles. The van der Waals surface area contributed by atoms with Crippen LogP contribution in [0.15, 0.2) is 17.5 Å². The minimum atomic E-state index is 0.866. The van der Waals surface area contributed by atoms with Gasteiger partial charge in [-0.05, 0) is 11.4 Å². The molecule has 9 heavy (non-hydrogen) atoms. The first-order chi connectivity index (χ1) is 4.43. The van der Waals surface area contributed by atoms with Crippen LogP contribution < -0.4 is 5.32 Å². The van der Waals surface area contributed by atoms with Gasteiger partial charge in [-0.1, -0.05) is 22.0 Å². The summed E-state index contributed by atoms with van der Waals surface area (Å²) in [5.74, 6) is 0. The van der Waals surface area contributed by atoms with Crippen LogP contribution in [0.4, 0.5) is 0 Å². The third kappa shape index (κ3) is 2.47. The van der Waals surface area contributed by atoms with Gasteiger partial charge in [-0.15, -0.1) is 11.3 Å². The fraction of sp³-hybridized carbons (Fsp3) is 0.333. The molecule has 1 nitrogen and oxygen atoms in total. The van der Waals surface area contributed by atoms with Crippen molar-refractivity contribution in [1.29, 1.82) is 0 Å². The van der Waals surface area contributed by atoms with Gasteiger partial charge in [0.05, 0.1) is 5.45 Å². The quantitative estimate of drug-likeness (QED) is 0.590. The van der Waals surface area contributed by atoms with Crippen molar-refractivity contribution in [2.24, 2.45) is 0 Å². The first-order valence-corrected chi connectivity index (χ1v) is 4.72. The van der Waals surface area contributed by atoms with Gasteiger partial charge in [-0.3, -0.25) is 0 Å². The largest absolute Gasteiger partial charge is 0.302 e. The van der Waals surface area contributed by atoms with Crippen molar-refractivity contribution in [2.45, 2.75) is 6.54 Å². The second kappa shape index (κ2) is 4.04. The molecule has 0 saturated carbocycles. The van der Waals surface area contributed by atoms with Crippen LogP contribution in [0.25, 0.3) is 0 Å². The van der Waals surface area contributed by atoms with Crippen molar-refractivity contribution in [3.8, 4) is 0 Å². The second-order valence-corrected chi connectivity index (χ2v) is 3.23. The minimum Gasteiger partial charge on any atom is -0.302 e. The highest BCUT2D eigenvalue weighted by Gasteiger charge is 1.88. The highest BCUT2D eigenvalue weighted by Crippen LogP contribution is 2.06. The van der Waals surface area contributed by atoms with Gasteiger partial charge in [-0.2, -0.15) is 0 Å². The van der Waals surface area contributed by atoms with Gasteiger partial charge in [0.2, 0.25) is 0 Å². The first-order valence-electron chi connectivity index (χ1n) is 2.72. The van der Waals surface area contributed by atoms with E-state index in [1.54, 1.807) is 11.3 Å². The highest BCUT2D eigenvalue weighted by atomic mass is 79.9. The zero-order chi connectivity index (χ0) is 6.53. The Bertz CT molecular complexity index is 150. The molecule has 1 rings (SSSR count). The zero-order valence-corrected chi connectivity index (χ0v) is 7.33. The van der Waals surface area contributed by atoms with Crippen molar-refractivity contribution in [2.75, 3.05) is 5.45 Å². The Morgan fingerprint density at radius 1 is 1.67 bits per heavy atom. The Morgan fingerprint density at radius 3 is 3.11 bits per heavy atom. The molecule has 0 unspecified atom stereocenters. The maximum atomic E-state index is 3.29. The molecule has 0 spiro atoms. The van der Waals surface area contributed by atoms with Gasteiger partial charge in [0.25, 0.3) is 0 Å². The number of hydrogen-bond donors (Lipinski definition) is 1. The third-order valence-corrected chi connectivity index (χ3v) is 2.25. The Kier molecular flexibility index (Phi) is 3.25. The van der Waals surface area contributed by atoms with Crippen molar-refractivity contribution in [1.82, 2.24) is 5.32 Å². The fourth-order valence-corrected chi connectivity index (χ4v) is 1.46. The van der Waals surface area contributed by atoms with Crippen molar-refractivity contribution in [3.63, 3.8) is 0 Å². The molecule has 0 saturated heterocycles. The third-order valence-electron chi connectivity index (χ3n) is 0.974. The number of rotatable bonds is 3. The number of hydrogen-bond acceptors (Lipinski definition) is 2. The van der Waals surface area contributed by atoms with E-state index in [0.717, 1.165) is 12.0 Å². The van der Waals surface area contributed by atoms with Gasteiger partial charge < -0.3 is 5.32 Å². The van der Waals surface area contributed by atoms with E-state index in [4.69, 9.17) is 0 Å². The zero-order valence-electron chi connectivity index (χ0n) is 4.93. The maximum Gasteiger partial charge on any atom is 0.0520 e. The monoisotopic (exact) mass is 205 g/mol. The van der Waals surface area contributed by atoms with Crippen molar-refractivity contribution < 1.29 is 0 Å². The van der Waals surface area contributed by atoms with Crippen molar-refractivity contribution >= 4 is 27.3 Å². The van der Waals surface area contributed by atoms with Gasteiger partial charge in [-0.25, -0.2) is 0 Å². The van der Waals surface area contributed by atoms with E-state index in [1.807, 2.05) is 0 Å². The maximum absolute atomic E-state index is 3.29. The molecule has 0 amide bonds. The average molecular weight is 206 g/mol. The van der Waals surface area contributed by atoms with Crippen LogP contribution in [-0.2, 0) is 6.54 Å². The summed E-state index contributed by atoms with van der Waals surface area (Å²) in [5.41, 5.74) is 0.866. The molecule has 0 aliphatic rings. The van der Waals surface area contributed by atoms with Gasteiger partial charge >= 0.3 is 0 Å². The Labute approximate surface area is 67.2 Å². The number of thiophene rings is 1.